The molecule has 0 unspecified atom stereocenters. The van der Waals surface area contributed by atoms with Gasteiger partial charge in [-0.25, -0.2) is 4.79 Å². The number of hydrogen-bond donors (Lipinski definition) is 1. The molecule has 126 valence electrons. The topological polar surface area (TPSA) is 55.8 Å². The van der Waals surface area contributed by atoms with E-state index >= 15 is 0 Å². The number of carbonyl (C=O) groups is 1. The summed E-state index contributed by atoms with van der Waals surface area (Å²) in [4.78, 5) is 11.8. The molecule has 2 aromatic rings. The Labute approximate surface area is 142 Å². The van der Waals surface area contributed by atoms with E-state index in [9.17, 15) is 9.90 Å². The van der Waals surface area contributed by atoms with Crippen molar-refractivity contribution in [3.05, 3.63) is 58.7 Å². The Balaban J connectivity index is 2.52. The molecule has 0 aliphatic heterocycles. The van der Waals surface area contributed by atoms with Gasteiger partial charge in [-0.3, -0.25) is 0 Å². The van der Waals surface area contributed by atoms with Crippen molar-refractivity contribution in [3.63, 3.8) is 0 Å². The Morgan fingerprint density at radius 1 is 1.12 bits per heavy atom. The lowest BCUT2D eigenvalue weighted by Gasteiger charge is -2.11. The molecular formula is C20H22O4. The number of carboxylic acid groups (broad SMARTS) is 1. The van der Waals surface area contributed by atoms with Gasteiger partial charge in [0.15, 0.2) is 11.5 Å². The van der Waals surface area contributed by atoms with Crippen molar-refractivity contribution in [2.24, 2.45) is 0 Å². The van der Waals surface area contributed by atoms with Gasteiger partial charge < -0.3 is 14.6 Å². The number of hydrogen-bond acceptors (Lipinski definition) is 3. The molecule has 0 aliphatic rings. The Bertz CT molecular complexity index is 775. The van der Waals surface area contributed by atoms with Gasteiger partial charge in [0.25, 0.3) is 0 Å². The Hall–Kier alpha value is -2.75. The van der Waals surface area contributed by atoms with Crippen molar-refractivity contribution in [3.8, 4) is 11.5 Å². The van der Waals surface area contributed by atoms with Crippen LogP contribution in [-0.4, -0.2) is 24.8 Å². The van der Waals surface area contributed by atoms with Crippen LogP contribution in [0.1, 0.15) is 29.2 Å². The van der Waals surface area contributed by atoms with Crippen LogP contribution >= 0.6 is 0 Å². The highest BCUT2D eigenvalue weighted by Gasteiger charge is 2.14. The number of ether oxygens (including phenoxy) is 2. The molecule has 0 aliphatic carbocycles. The fraction of sp³-hybridized carbons (Fsp3) is 0.250. The van der Waals surface area contributed by atoms with E-state index < -0.39 is 5.97 Å². The van der Waals surface area contributed by atoms with Gasteiger partial charge in [0.1, 0.15) is 0 Å². The summed E-state index contributed by atoms with van der Waals surface area (Å²) in [6, 6.07) is 11.2. The molecule has 0 saturated carbocycles. The largest absolute Gasteiger partial charge is 0.493 e. The summed E-state index contributed by atoms with van der Waals surface area (Å²) in [6.45, 7) is 6.29. The molecule has 0 saturated heterocycles. The molecule has 0 spiro atoms. The fourth-order valence-corrected chi connectivity index (χ4v) is 2.50. The second-order valence-corrected chi connectivity index (χ2v) is 5.52. The fourth-order valence-electron chi connectivity index (χ4n) is 2.50. The average molecular weight is 326 g/mol. The van der Waals surface area contributed by atoms with Gasteiger partial charge in [0.05, 0.1) is 19.3 Å². The molecule has 4 heteroatoms. The first-order chi connectivity index (χ1) is 11.5. The minimum absolute atomic E-state index is 0.252. The van der Waals surface area contributed by atoms with Crippen LogP contribution in [0.25, 0.3) is 11.6 Å². The normalized spacial score (nSPS) is 11.2. The van der Waals surface area contributed by atoms with Gasteiger partial charge in [-0.05, 0) is 55.7 Å². The van der Waals surface area contributed by atoms with Crippen molar-refractivity contribution < 1.29 is 19.4 Å². The number of aryl methyl sites for hydroxylation is 2. The lowest BCUT2D eigenvalue weighted by molar-refractivity contribution is -0.130. The van der Waals surface area contributed by atoms with E-state index in [1.165, 1.54) is 0 Å². The van der Waals surface area contributed by atoms with Crippen molar-refractivity contribution in [1.29, 1.82) is 0 Å². The van der Waals surface area contributed by atoms with Crippen molar-refractivity contribution in [2.45, 2.75) is 20.8 Å². The minimum atomic E-state index is -0.962. The van der Waals surface area contributed by atoms with E-state index in [1.807, 2.05) is 45.0 Å². The number of carboxylic acids is 1. The summed E-state index contributed by atoms with van der Waals surface area (Å²) < 4.78 is 10.8. The quantitative estimate of drug-likeness (QED) is 0.634. The van der Waals surface area contributed by atoms with Crippen LogP contribution in [0.15, 0.2) is 36.4 Å². The first-order valence-electron chi connectivity index (χ1n) is 7.79. The van der Waals surface area contributed by atoms with Crippen LogP contribution in [0, 0.1) is 13.8 Å². The minimum Gasteiger partial charge on any atom is -0.493 e. The summed E-state index contributed by atoms with van der Waals surface area (Å²) in [5.74, 6) is 0.258. The van der Waals surface area contributed by atoms with Gasteiger partial charge in [0, 0.05) is 0 Å². The van der Waals surface area contributed by atoms with Crippen LogP contribution in [-0.2, 0) is 4.79 Å². The maximum Gasteiger partial charge on any atom is 0.336 e. The molecule has 24 heavy (non-hydrogen) atoms. The first-order valence-corrected chi connectivity index (χ1v) is 7.79. The molecule has 0 atom stereocenters. The Morgan fingerprint density at radius 3 is 2.50 bits per heavy atom. The molecule has 2 aromatic carbocycles. The van der Waals surface area contributed by atoms with Crippen LogP contribution in [0.3, 0.4) is 0 Å². The highest BCUT2D eigenvalue weighted by atomic mass is 16.5. The third-order valence-electron chi connectivity index (χ3n) is 3.71. The molecule has 0 radical (unpaired) electrons. The highest BCUT2D eigenvalue weighted by Crippen LogP contribution is 2.30. The van der Waals surface area contributed by atoms with Crippen molar-refractivity contribution in [1.82, 2.24) is 0 Å². The maximum atomic E-state index is 11.8. The van der Waals surface area contributed by atoms with E-state index in [-0.39, 0.29) is 5.57 Å². The average Bonchev–Trinajstić information content (AvgIpc) is 2.56. The molecular weight excluding hydrogens is 304 g/mol. The van der Waals surface area contributed by atoms with E-state index in [2.05, 4.69) is 0 Å². The molecule has 0 heterocycles. The van der Waals surface area contributed by atoms with Gasteiger partial charge in [-0.15, -0.1) is 0 Å². The summed E-state index contributed by atoms with van der Waals surface area (Å²) in [6.07, 6.45) is 1.66. The first kappa shape index (κ1) is 17.6. The van der Waals surface area contributed by atoms with E-state index in [1.54, 1.807) is 25.3 Å². The molecule has 4 nitrogen and oxygen atoms in total. The van der Waals surface area contributed by atoms with Gasteiger partial charge in [-0.2, -0.15) is 0 Å². The van der Waals surface area contributed by atoms with Crippen LogP contribution in [0.2, 0.25) is 0 Å². The zero-order valence-corrected chi connectivity index (χ0v) is 14.4. The second-order valence-electron chi connectivity index (χ2n) is 5.52. The van der Waals surface area contributed by atoms with Crippen LogP contribution in [0.4, 0.5) is 0 Å². The molecule has 0 amide bonds. The third-order valence-corrected chi connectivity index (χ3v) is 3.71. The monoisotopic (exact) mass is 326 g/mol. The van der Waals surface area contributed by atoms with Crippen LogP contribution < -0.4 is 9.47 Å². The summed E-state index contributed by atoms with van der Waals surface area (Å²) in [7, 11) is 1.56. The van der Waals surface area contributed by atoms with Gasteiger partial charge >= 0.3 is 5.97 Å². The number of benzene rings is 2. The van der Waals surface area contributed by atoms with E-state index in [0.29, 0.717) is 18.1 Å². The predicted octanol–water partition coefficient (Wildman–Crippen LogP) is 4.34. The Kier molecular flexibility index (Phi) is 5.64. The van der Waals surface area contributed by atoms with E-state index in [4.69, 9.17) is 9.47 Å². The molecule has 0 fully saturated rings. The van der Waals surface area contributed by atoms with Crippen molar-refractivity contribution in [2.75, 3.05) is 13.7 Å². The second kappa shape index (κ2) is 7.68. The van der Waals surface area contributed by atoms with Crippen LogP contribution in [0.5, 0.6) is 11.5 Å². The molecule has 2 rings (SSSR count). The smallest absolute Gasteiger partial charge is 0.336 e. The van der Waals surface area contributed by atoms with E-state index in [0.717, 1.165) is 22.3 Å². The lowest BCUT2D eigenvalue weighted by atomic mass is 9.96. The lowest BCUT2D eigenvalue weighted by Crippen LogP contribution is -2.02. The molecule has 1 N–H and O–H groups in total. The number of rotatable bonds is 6. The number of aliphatic carboxylic acids is 1. The number of methoxy groups -OCH3 is 1. The van der Waals surface area contributed by atoms with Gasteiger partial charge in [0.2, 0.25) is 0 Å². The summed E-state index contributed by atoms with van der Waals surface area (Å²) in [5.41, 5.74) is 3.66. The molecule has 0 bridgehead atoms. The zero-order valence-electron chi connectivity index (χ0n) is 14.4. The van der Waals surface area contributed by atoms with Crippen molar-refractivity contribution >= 4 is 17.6 Å². The maximum absolute atomic E-state index is 11.8. The Morgan fingerprint density at radius 2 is 1.88 bits per heavy atom. The summed E-state index contributed by atoms with van der Waals surface area (Å²) >= 11 is 0. The SMILES string of the molecule is CCOc1ccc(/C=C(\C(=O)O)c2cc(C)ccc2C)cc1OC. The highest BCUT2D eigenvalue weighted by molar-refractivity contribution is 6.21. The zero-order chi connectivity index (χ0) is 17.7. The molecule has 0 aromatic heterocycles. The van der Waals surface area contributed by atoms with Gasteiger partial charge in [-0.1, -0.05) is 29.8 Å². The standard InChI is InChI=1S/C20H22O4/c1-5-24-18-9-8-15(12-19(18)23-4)11-17(20(21)22)16-10-13(2)6-7-14(16)3/h6-12H,5H2,1-4H3,(H,21,22)/b17-11-. The predicted molar refractivity (Wildman–Crippen MR) is 95.6 cm³/mol. The third kappa shape index (κ3) is 3.96. The summed E-state index contributed by atoms with van der Waals surface area (Å²) in [5, 5.41) is 9.64.